The van der Waals surface area contributed by atoms with Crippen LogP contribution in [0.2, 0.25) is 0 Å². The van der Waals surface area contributed by atoms with E-state index in [4.69, 9.17) is 0 Å². The van der Waals surface area contributed by atoms with Gasteiger partial charge in [-0.3, -0.25) is 14.6 Å². The number of hydrogen-bond acceptors (Lipinski definition) is 3. The van der Waals surface area contributed by atoms with Crippen LogP contribution >= 0.6 is 15.9 Å². The van der Waals surface area contributed by atoms with Crippen LogP contribution in [0.15, 0.2) is 28.7 Å². The third kappa shape index (κ3) is 3.38. The molecule has 4 heteroatoms. The minimum atomic E-state index is 0.221. The maximum atomic E-state index is 12.6. The number of carbonyl (C=O) groups is 1. The van der Waals surface area contributed by atoms with Crippen LogP contribution < -0.4 is 0 Å². The smallest absolute Gasteiger partial charge is 0.177 e. The van der Waals surface area contributed by atoms with Crippen molar-refractivity contribution in [3.8, 4) is 0 Å². The largest absolute Gasteiger partial charge is 0.298 e. The standard InChI is InChI=1S/C17H23BrN2O/c1-13-10-19-9-5-4-6-14(19)11-20(13)12-17(21)15-7-2-3-8-16(15)18/h2-3,7-8,13-14H,4-6,9-12H2,1H3. The molecule has 0 aliphatic carbocycles. The van der Waals surface area contributed by atoms with Gasteiger partial charge in [0.15, 0.2) is 5.78 Å². The summed E-state index contributed by atoms with van der Waals surface area (Å²) >= 11 is 3.48. The molecule has 0 radical (unpaired) electrons. The zero-order valence-corrected chi connectivity index (χ0v) is 14.2. The van der Waals surface area contributed by atoms with Gasteiger partial charge in [0.05, 0.1) is 6.54 Å². The number of nitrogens with zero attached hydrogens (tertiary/aromatic N) is 2. The highest BCUT2D eigenvalue weighted by Gasteiger charge is 2.33. The van der Waals surface area contributed by atoms with Gasteiger partial charge >= 0.3 is 0 Å². The van der Waals surface area contributed by atoms with Crippen LogP contribution in [-0.2, 0) is 0 Å². The number of Topliss-reactive ketones (excluding diaryl/α,β-unsaturated/α-hetero) is 1. The number of hydrogen-bond donors (Lipinski definition) is 0. The summed E-state index contributed by atoms with van der Waals surface area (Å²) in [5, 5.41) is 0. The minimum absolute atomic E-state index is 0.221. The number of carbonyl (C=O) groups excluding carboxylic acids is 1. The number of benzene rings is 1. The molecule has 2 aliphatic rings. The molecule has 0 aromatic heterocycles. The van der Waals surface area contributed by atoms with Crippen LogP contribution in [0.3, 0.4) is 0 Å². The molecule has 0 bridgehead atoms. The van der Waals surface area contributed by atoms with Crippen molar-refractivity contribution in [2.75, 3.05) is 26.2 Å². The molecule has 0 spiro atoms. The third-order valence-corrected chi connectivity index (χ3v) is 5.53. The first kappa shape index (κ1) is 15.2. The second-order valence-corrected chi connectivity index (χ2v) is 7.18. The highest BCUT2D eigenvalue weighted by Crippen LogP contribution is 2.24. The van der Waals surface area contributed by atoms with Gasteiger partial charge in [0.2, 0.25) is 0 Å². The summed E-state index contributed by atoms with van der Waals surface area (Å²) in [5.41, 5.74) is 0.802. The van der Waals surface area contributed by atoms with Crippen LogP contribution in [0.25, 0.3) is 0 Å². The van der Waals surface area contributed by atoms with E-state index in [-0.39, 0.29) is 5.78 Å². The summed E-state index contributed by atoms with van der Waals surface area (Å²) in [6.45, 7) is 6.17. The topological polar surface area (TPSA) is 23.6 Å². The van der Waals surface area contributed by atoms with E-state index in [1.807, 2.05) is 24.3 Å². The van der Waals surface area contributed by atoms with Crippen molar-refractivity contribution in [1.29, 1.82) is 0 Å². The lowest BCUT2D eigenvalue weighted by Gasteiger charge is -2.47. The first-order valence-corrected chi connectivity index (χ1v) is 8.70. The summed E-state index contributed by atoms with van der Waals surface area (Å²) in [4.78, 5) is 17.5. The predicted octanol–water partition coefficient (Wildman–Crippen LogP) is 3.19. The fraction of sp³-hybridized carbons (Fsp3) is 0.588. The van der Waals surface area contributed by atoms with Gasteiger partial charge in [-0.25, -0.2) is 0 Å². The van der Waals surface area contributed by atoms with E-state index in [9.17, 15) is 4.79 Å². The molecule has 1 aromatic rings. The number of rotatable bonds is 3. The normalized spacial score (nSPS) is 27.3. The highest BCUT2D eigenvalue weighted by atomic mass is 79.9. The van der Waals surface area contributed by atoms with Gasteiger partial charge in [-0.1, -0.05) is 40.5 Å². The van der Waals surface area contributed by atoms with E-state index < -0.39 is 0 Å². The molecule has 2 heterocycles. The Hall–Kier alpha value is -0.710. The number of halogens is 1. The van der Waals surface area contributed by atoms with Crippen molar-refractivity contribution in [3.05, 3.63) is 34.3 Å². The van der Waals surface area contributed by atoms with Crippen LogP contribution in [0.5, 0.6) is 0 Å². The van der Waals surface area contributed by atoms with Gasteiger partial charge in [-0.05, 0) is 32.4 Å². The maximum Gasteiger partial charge on any atom is 0.177 e. The molecule has 1 aromatic carbocycles. The number of ketones is 1. The fourth-order valence-corrected chi connectivity index (χ4v) is 4.10. The quantitative estimate of drug-likeness (QED) is 0.782. The molecule has 21 heavy (non-hydrogen) atoms. The number of fused-ring (bicyclic) bond motifs is 1. The van der Waals surface area contributed by atoms with Crippen molar-refractivity contribution < 1.29 is 4.79 Å². The highest BCUT2D eigenvalue weighted by molar-refractivity contribution is 9.10. The lowest BCUT2D eigenvalue weighted by molar-refractivity contribution is 0.0166. The van der Waals surface area contributed by atoms with Crippen molar-refractivity contribution in [2.24, 2.45) is 0 Å². The van der Waals surface area contributed by atoms with Crippen LogP contribution in [0.4, 0.5) is 0 Å². The van der Waals surface area contributed by atoms with Gasteiger partial charge in [0, 0.05) is 35.2 Å². The molecule has 2 unspecified atom stereocenters. The van der Waals surface area contributed by atoms with Gasteiger partial charge in [-0.2, -0.15) is 0 Å². The monoisotopic (exact) mass is 350 g/mol. The van der Waals surface area contributed by atoms with Crippen LogP contribution in [-0.4, -0.2) is 53.8 Å². The minimum Gasteiger partial charge on any atom is -0.298 e. The van der Waals surface area contributed by atoms with Crippen molar-refractivity contribution >= 4 is 21.7 Å². The average molecular weight is 351 g/mol. The van der Waals surface area contributed by atoms with Gasteiger partial charge < -0.3 is 0 Å². The first-order valence-electron chi connectivity index (χ1n) is 7.91. The van der Waals surface area contributed by atoms with E-state index in [0.717, 1.165) is 23.1 Å². The second-order valence-electron chi connectivity index (χ2n) is 6.33. The van der Waals surface area contributed by atoms with E-state index in [1.54, 1.807) is 0 Å². The Bertz CT molecular complexity index is 519. The van der Waals surface area contributed by atoms with E-state index in [0.29, 0.717) is 18.6 Å². The second kappa shape index (κ2) is 6.59. The zero-order chi connectivity index (χ0) is 14.8. The number of piperidine rings is 1. The predicted molar refractivity (Wildman–Crippen MR) is 88.7 cm³/mol. The molecular formula is C17H23BrN2O. The number of piperazine rings is 1. The average Bonchev–Trinajstić information content (AvgIpc) is 2.48. The Morgan fingerprint density at radius 2 is 2.10 bits per heavy atom. The van der Waals surface area contributed by atoms with E-state index in [2.05, 4.69) is 32.7 Å². The molecule has 114 valence electrons. The lowest BCUT2D eigenvalue weighted by Crippen LogP contribution is -2.59. The molecular weight excluding hydrogens is 328 g/mol. The van der Waals surface area contributed by atoms with Crippen molar-refractivity contribution in [1.82, 2.24) is 9.80 Å². The Balaban J connectivity index is 1.67. The third-order valence-electron chi connectivity index (χ3n) is 4.84. The molecule has 2 aliphatic heterocycles. The maximum absolute atomic E-state index is 12.6. The zero-order valence-electron chi connectivity index (χ0n) is 12.6. The van der Waals surface area contributed by atoms with Gasteiger partial charge in [0.1, 0.15) is 0 Å². The van der Waals surface area contributed by atoms with Gasteiger partial charge in [0.25, 0.3) is 0 Å². The summed E-state index contributed by atoms with van der Waals surface area (Å²) in [6.07, 6.45) is 3.95. The van der Waals surface area contributed by atoms with Crippen molar-refractivity contribution in [2.45, 2.75) is 38.3 Å². The molecule has 2 fully saturated rings. The van der Waals surface area contributed by atoms with Crippen LogP contribution in [0, 0.1) is 0 Å². The summed E-state index contributed by atoms with van der Waals surface area (Å²) in [7, 11) is 0. The SMILES string of the molecule is CC1CN2CCCCC2CN1CC(=O)c1ccccc1Br. The molecule has 3 rings (SSSR count). The molecule has 0 saturated carbocycles. The van der Waals surface area contributed by atoms with Crippen LogP contribution in [0.1, 0.15) is 36.5 Å². The summed E-state index contributed by atoms with van der Waals surface area (Å²) in [6, 6.07) is 8.85. The Labute approximate surface area is 135 Å². The Morgan fingerprint density at radius 3 is 2.90 bits per heavy atom. The van der Waals surface area contributed by atoms with Gasteiger partial charge in [-0.15, -0.1) is 0 Å². The Morgan fingerprint density at radius 1 is 1.29 bits per heavy atom. The molecule has 0 N–H and O–H groups in total. The Kier molecular flexibility index (Phi) is 4.77. The fourth-order valence-electron chi connectivity index (χ4n) is 3.59. The first-order chi connectivity index (χ1) is 10.1. The lowest BCUT2D eigenvalue weighted by atomic mass is 9.96. The van der Waals surface area contributed by atoms with Crippen molar-refractivity contribution in [3.63, 3.8) is 0 Å². The molecule has 3 nitrogen and oxygen atoms in total. The summed E-state index contributed by atoms with van der Waals surface area (Å²) in [5.74, 6) is 0.221. The molecule has 2 atom stereocenters. The summed E-state index contributed by atoms with van der Waals surface area (Å²) < 4.78 is 0.902. The molecule has 0 amide bonds. The molecule has 2 saturated heterocycles. The van der Waals surface area contributed by atoms with E-state index >= 15 is 0 Å². The van der Waals surface area contributed by atoms with E-state index in [1.165, 1.54) is 25.8 Å².